The van der Waals surface area contributed by atoms with E-state index in [1.54, 1.807) is 7.05 Å². The molecule has 4 nitrogen and oxygen atoms in total. The number of hydrogen-bond acceptors (Lipinski definition) is 3. The second kappa shape index (κ2) is 7.14. The first-order chi connectivity index (χ1) is 8.97. The lowest BCUT2D eigenvalue weighted by molar-refractivity contribution is -0.130. The van der Waals surface area contributed by atoms with Crippen LogP contribution in [0.2, 0.25) is 0 Å². The molecule has 0 bridgehead atoms. The molecule has 0 aliphatic rings. The Morgan fingerprint density at radius 1 is 1.26 bits per heavy atom. The van der Waals surface area contributed by atoms with Gasteiger partial charge in [-0.25, -0.2) is 0 Å². The molecule has 0 aliphatic heterocycles. The molecule has 1 aromatic carbocycles. The number of aliphatic hydroxyl groups excluding tert-OH is 1. The van der Waals surface area contributed by atoms with Gasteiger partial charge in [0.25, 0.3) is 0 Å². The molecular formula is C15H23NO3. The Morgan fingerprint density at radius 3 is 2.53 bits per heavy atom. The maximum Gasteiger partial charge on any atom is 0.225 e. The van der Waals surface area contributed by atoms with Crippen LogP contribution in [0.5, 0.6) is 5.75 Å². The van der Waals surface area contributed by atoms with E-state index in [0.29, 0.717) is 19.6 Å². The summed E-state index contributed by atoms with van der Waals surface area (Å²) in [6.45, 7) is 6.78. The smallest absolute Gasteiger partial charge is 0.225 e. The van der Waals surface area contributed by atoms with Crippen LogP contribution in [-0.2, 0) is 4.79 Å². The minimum absolute atomic E-state index is 0.0147. The van der Waals surface area contributed by atoms with Crippen molar-refractivity contribution in [2.75, 3.05) is 26.8 Å². The molecule has 0 heterocycles. The quantitative estimate of drug-likeness (QED) is 0.853. The minimum atomic E-state index is -0.0167. The van der Waals surface area contributed by atoms with Gasteiger partial charge in [-0.2, -0.15) is 0 Å². The van der Waals surface area contributed by atoms with Gasteiger partial charge in [0.05, 0.1) is 19.6 Å². The number of carbonyl (C=O) groups excluding carboxylic acids is 1. The van der Waals surface area contributed by atoms with Crippen LogP contribution < -0.4 is 4.74 Å². The van der Waals surface area contributed by atoms with Crippen molar-refractivity contribution >= 4 is 5.91 Å². The van der Waals surface area contributed by atoms with Crippen LogP contribution in [-0.4, -0.2) is 42.7 Å². The average molecular weight is 265 g/mol. The van der Waals surface area contributed by atoms with Gasteiger partial charge in [0, 0.05) is 13.6 Å². The zero-order valence-corrected chi connectivity index (χ0v) is 12.2. The van der Waals surface area contributed by atoms with Crippen molar-refractivity contribution in [1.29, 1.82) is 0 Å². The fourth-order valence-corrected chi connectivity index (χ4v) is 1.85. The van der Waals surface area contributed by atoms with Crippen molar-refractivity contribution in [1.82, 2.24) is 4.90 Å². The number of benzene rings is 1. The summed E-state index contributed by atoms with van der Waals surface area (Å²) in [7, 11) is 1.68. The van der Waals surface area contributed by atoms with Crippen molar-refractivity contribution < 1.29 is 14.6 Å². The molecule has 106 valence electrons. The van der Waals surface area contributed by atoms with Gasteiger partial charge in [-0.05, 0) is 37.5 Å². The molecule has 4 heteroatoms. The predicted molar refractivity (Wildman–Crippen MR) is 75.5 cm³/mol. The van der Waals surface area contributed by atoms with Crippen molar-refractivity contribution in [3.63, 3.8) is 0 Å². The monoisotopic (exact) mass is 265 g/mol. The van der Waals surface area contributed by atoms with Gasteiger partial charge in [-0.15, -0.1) is 0 Å². The molecule has 0 unspecified atom stereocenters. The highest BCUT2D eigenvalue weighted by Crippen LogP contribution is 2.25. The highest BCUT2D eigenvalue weighted by atomic mass is 16.5. The highest BCUT2D eigenvalue weighted by molar-refractivity contribution is 5.76. The molecule has 1 amide bonds. The van der Waals surface area contributed by atoms with Crippen molar-refractivity contribution in [2.45, 2.75) is 27.2 Å². The van der Waals surface area contributed by atoms with Crippen molar-refractivity contribution in [3.8, 4) is 5.75 Å². The molecule has 1 rings (SSSR count). The van der Waals surface area contributed by atoms with Crippen LogP contribution in [0, 0.1) is 20.8 Å². The number of hydrogen-bond donors (Lipinski definition) is 1. The number of likely N-dealkylation sites (N-methyl/N-ethyl adjacent to an activating group) is 1. The van der Waals surface area contributed by atoms with E-state index in [0.717, 1.165) is 16.9 Å². The fourth-order valence-electron chi connectivity index (χ4n) is 1.85. The largest absolute Gasteiger partial charge is 0.492 e. The Balaban J connectivity index is 2.54. The Bertz CT molecular complexity index is 443. The van der Waals surface area contributed by atoms with Gasteiger partial charge in [-0.1, -0.05) is 12.1 Å². The van der Waals surface area contributed by atoms with Crippen LogP contribution in [0.1, 0.15) is 23.1 Å². The standard InChI is InChI=1S/C15H23NO3/c1-11-5-6-12(2)15(13(11)3)19-10-7-14(18)16(4)8-9-17/h5-6,17H,7-10H2,1-4H3. The summed E-state index contributed by atoms with van der Waals surface area (Å²) < 4.78 is 5.74. The maximum absolute atomic E-state index is 11.7. The number of amides is 1. The number of nitrogens with zero attached hydrogens (tertiary/aromatic N) is 1. The number of aliphatic hydroxyl groups is 1. The van der Waals surface area contributed by atoms with E-state index in [1.165, 1.54) is 10.5 Å². The van der Waals surface area contributed by atoms with Gasteiger partial charge in [-0.3, -0.25) is 4.79 Å². The SMILES string of the molecule is Cc1ccc(C)c(OCCC(=O)N(C)CCO)c1C. The maximum atomic E-state index is 11.7. The van der Waals surface area contributed by atoms with Crippen molar-refractivity contribution in [2.24, 2.45) is 0 Å². The zero-order valence-electron chi connectivity index (χ0n) is 12.2. The highest BCUT2D eigenvalue weighted by Gasteiger charge is 2.10. The summed E-state index contributed by atoms with van der Waals surface area (Å²) in [4.78, 5) is 13.2. The lowest BCUT2D eigenvalue weighted by atomic mass is 10.1. The molecule has 0 fully saturated rings. The summed E-state index contributed by atoms with van der Waals surface area (Å²) in [5, 5.41) is 8.77. The predicted octanol–water partition coefficient (Wildman–Crippen LogP) is 1.83. The van der Waals surface area contributed by atoms with Crippen LogP contribution in [0.3, 0.4) is 0 Å². The van der Waals surface area contributed by atoms with Crippen LogP contribution in [0.15, 0.2) is 12.1 Å². The molecule has 0 radical (unpaired) electrons. The Kier molecular flexibility index (Phi) is 5.83. The Morgan fingerprint density at radius 2 is 1.89 bits per heavy atom. The first-order valence-electron chi connectivity index (χ1n) is 6.51. The van der Waals surface area contributed by atoms with Crippen LogP contribution in [0.25, 0.3) is 0 Å². The zero-order chi connectivity index (χ0) is 14.4. The second-order valence-corrected chi connectivity index (χ2v) is 4.79. The van der Waals surface area contributed by atoms with Crippen molar-refractivity contribution in [3.05, 3.63) is 28.8 Å². The summed E-state index contributed by atoms with van der Waals surface area (Å²) in [6, 6.07) is 4.09. The molecule has 0 atom stereocenters. The molecule has 0 aromatic heterocycles. The summed E-state index contributed by atoms with van der Waals surface area (Å²) in [5.74, 6) is 0.856. The molecule has 0 aliphatic carbocycles. The Hall–Kier alpha value is -1.55. The van der Waals surface area contributed by atoms with E-state index >= 15 is 0 Å². The van der Waals surface area contributed by atoms with Gasteiger partial charge in [0.1, 0.15) is 5.75 Å². The summed E-state index contributed by atoms with van der Waals surface area (Å²) in [6.07, 6.45) is 0.323. The molecular weight excluding hydrogens is 242 g/mol. The second-order valence-electron chi connectivity index (χ2n) is 4.79. The molecule has 19 heavy (non-hydrogen) atoms. The minimum Gasteiger partial charge on any atom is -0.492 e. The van der Waals surface area contributed by atoms with Gasteiger partial charge in [0.15, 0.2) is 0 Å². The summed E-state index contributed by atoms with van der Waals surface area (Å²) >= 11 is 0. The third-order valence-electron chi connectivity index (χ3n) is 3.30. The fraction of sp³-hybridized carbons (Fsp3) is 0.533. The Labute approximate surface area is 115 Å². The van der Waals surface area contributed by atoms with Crippen LogP contribution in [0.4, 0.5) is 0 Å². The van der Waals surface area contributed by atoms with Crippen LogP contribution >= 0.6 is 0 Å². The molecule has 0 saturated carbocycles. The van der Waals surface area contributed by atoms with E-state index in [4.69, 9.17) is 9.84 Å². The van der Waals surface area contributed by atoms with E-state index in [9.17, 15) is 4.79 Å². The molecule has 0 spiro atoms. The van der Waals surface area contributed by atoms with E-state index < -0.39 is 0 Å². The lowest BCUT2D eigenvalue weighted by Crippen LogP contribution is -2.30. The molecule has 0 saturated heterocycles. The van der Waals surface area contributed by atoms with Gasteiger partial charge >= 0.3 is 0 Å². The number of aryl methyl sites for hydroxylation is 2. The number of rotatable bonds is 6. The number of carbonyl (C=O) groups is 1. The number of ether oxygens (including phenoxy) is 1. The molecule has 1 N–H and O–H groups in total. The third kappa shape index (κ3) is 4.24. The van der Waals surface area contributed by atoms with E-state index in [-0.39, 0.29) is 12.5 Å². The lowest BCUT2D eigenvalue weighted by Gasteiger charge is -2.17. The average Bonchev–Trinajstić information content (AvgIpc) is 2.38. The summed E-state index contributed by atoms with van der Waals surface area (Å²) in [5.41, 5.74) is 3.39. The molecule has 1 aromatic rings. The van der Waals surface area contributed by atoms with Gasteiger partial charge in [0.2, 0.25) is 5.91 Å². The normalized spacial score (nSPS) is 10.4. The topological polar surface area (TPSA) is 49.8 Å². The first kappa shape index (κ1) is 15.5. The third-order valence-corrected chi connectivity index (χ3v) is 3.30. The first-order valence-corrected chi connectivity index (χ1v) is 6.51. The van der Waals surface area contributed by atoms with E-state index in [1.807, 2.05) is 26.8 Å². The van der Waals surface area contributed by atoms with Gasteiger partial charge < -0.3 is 14.7 Å². The van der Waals surface area contributed by atoms with E-state index in [2.05, 4.69) is 6.07 Å².